The van der Waals surface area contributed by atoms with E-state index >= 15 is 0 Å². The monoisotopic (exact) mass is 156 g/mol. The third kappa shape index (κ3) is 1.76. The molecule has 0 spiro atoms. The van der Waals surface area contributed by atoms with Gasteiger partial charge in [-0.3, -0.25) is 0 Å². The molecule has 2 atom stereocenters. The van der Waals surface area contributed by atoms with Gasteiger partial charge in [-0.2, -0.15) is 0 Å². The molecule has 1 saturated carbocycles. The first-order valence-corrected chi connectivity index (χ1v) is 4.56. The fourth-order valence-electron chi connectivity index (χ4n) is 2.52. The lowest BCUT2D eigenvalue weighted by molar-refractivity contribution is -0.0238. The maximum Gasteiger partial charge on any atom is 0.0652 e. The van der Waals surface area contributed by atoms with Crippen molar-refractivity contribution in [1.82, 2.24) is 0 Å². The SMILES string of the molecule is CC(C)(C)[C@@H]1CCC[C@@]1(C)O. The van der Waals surface area contributed by atoms with Crippen LogP contribution in [-0.2, 0) is 0 Å². The standard InChI is InChI=1S/C10H20O/c1-9(2,3)8-6-5-7-10(8,4)11/h8,11H,5-7H2,1-4H3/t8-,10+/m0/s1. The van der Waals surface area contributed by atoms with E-state index < -0.39 is 5.60 Å². The maximum atomic E-state index is 9.99. The summed E-state index contributed by atoms with van der Waals surface area (Å²) in [5.41, 5.74) is -0.141. The van der Waals surface area contributed by atoms with Crippen molar-refractivity contribution in [2.24, 2.45) is 11.3 Å². The fourth-order valence-corrected chi connectivity index (χ4v) is 2.52. The van der Waals surface area contributed by atoms with Gasteiger partial charge in [-0.15, -0.1) is 0 Å². The highest BCUT2D eigenvalue weighted by atomic mass is 16.3. The van der Waals surface area contributed by atoms with Gasteiger partial charge < -0.3 is 5.11 Å². The van der Waals surface area contributed by atoms with Gasteiger partial charge in [0.2, 0.25) is 0 Å². The minimum Gasteiger partial charge on any atom is -0.390 e. The summed E-state index contributed by atoms with van der Waals surface area (Å²) in [4.78, 5) is 0. The van der Waals surface area contributed by atoms with Crippen molar-refractivity contribution < 1.29 is 5.11 Å². The minimum absolute atomic E-state index is 0.264. The summed E-state index contributed by atoms with van der Waals surface area (Å²) >= 11 is 0. The zero-order valence-corrected chi connectivity index (χ0v) is 8.15. The average molecular weight is 156 g/mol. The summed E-state index contributed by atoms with van der Waals surface area (Å²) in [7, 11) is 0. The van der Waals surface area contributed by atoms with E-state index in [1.165, 1.54) is 12.8 Å². The molecule has 0 aromatic heterocycles. The van der Waals surface area contributed by atoms with Crippen molar-refractivity contribution in [1.29, 1.82) is 0 Å². The Bertz CT molecular complexity index is 141. The first kappa shape index (κ1) is 9.05. The van der Waals surface area contributed by atoms with Gasteiger partial charge in [0.15, 0.2) is 0 Å². The van der Waals surface area contributed by atoms with E-state index in [1.54, 1.807) is 0 Å². The topological polar surface area (TPSA) is 20.2 Å². The minimum atomic E-state index is -0.405. The fraction of sp³-hybridized carbons (Fsp3) is 1.00. The Kier molecular flexibility index (Phi) is 2.04. The second-order valence-corrected chi connectivity index (χ2v) is 5.17. The van der Waals surface area contributed by atoms with Gasteiger partial charge >= 0.3 is 0 Å². The molecule has 0 unspecified atom stereocenters. The predicted octanol–water partition coefficient (Wildman–Crippen LogP) is 2.58. The molecule has 0 aliphatic heterocycles. The molecule has 0 heterocycles. The zero-order valence-electron chi connectivity index (χ0n) is 8.15. The molecule has 1 N–H and O–H groups in total. The number of hydrogen-bond acceptors (Lipinski definition) is 1. The summed E-state index contributed by atoms with van der Waals surface area (Å²) in [5.74, 6) is 0.481. The largest absolute Gasteiger partial charge is 0.390 e. The second-order valence-electron chi connectivity index (χ2n) is 5.17. The quantitative estimate of drug-likeness (QED) is 0.571. The summed E-state index contributed by atoms with van der Waals surface area (Å²) in [6.07, 6.45) is 3.36. The summed E-state index contributed by atoms with van der Waals surface area (Å²) < 4.78 is 0. The summed E-state index contributed by atoms with van der Waals surface area (Å²) in [6, 6.07) is 0. The smallest absolute Gasteiger partial charge is 0.0652 e. The van der Waals surface area contributed by atoms with Gasteiger partial charge in [-0.25, -0.2) is 0 Å². The third-order valence-electron chi connectivity index (χ3n) is 2.97. The van der Waals surface area contributed by atoms with Crippen LogP contribution >= 0.6 is 0 Å². The van der Waals surface area contributed by atoms with E-state index in [2.05, 4.69) is 20.8 Å². The van der Waals surface area contributed by atoms with Gasteiger partial charge in [0.05, 0.1) is 5.60 Å². The molecule has 0 radical (unpaired) electrons. The maximum absolute atomic E-state index is 9.99. The van der Waals surface area contributed by atoms with Crippen molar-refractivity contribution in [2.75, 3.05) is 0 Å². The molecule has 1 rings (SSSR count). The van der Waals surface area contributed by atoms with Crippen molar-refractivity contribution in [3.05, 3.63) is 0 Å². The first-order valence-electron chi connectivity index (χ1n) is 4.56. The van der Waals surface area contributed by atoms with E-state index in [0.29, 0.717) is 5.92 Å². The van der Waals surface area contributed by atoms with Gasteiger partial charge in [0.25, 0.3) is 0 Å². The van der Waals surface area contributed by atoms with Crippen LogP contribution in [0.5, 0.6) is 0 Å². The molecule has 0 saturated heterocycles. The Morgan fingerprint density at radius 3 is 2.09 bits per heavy atom. The van der Waals surface area contributed by atoms with Crippen LogP contribution in [0.4, 0.5) is 0 Å². The lowest BCUT2D eigenvalue weighted by Gasteiger charge is -2.36. The Balaban J connectivity index is 2.73. The number of hydrogen-bond donors (Lipinski definition) is 1. The molecule has 0 aromatic carbocycles. The van der Waals surface area contributed by atoms with Crippen LogP contribution in [0.1, 0.15) is 47.0 Å². The van der Waals surface area contributed by atoms with Gasteiger partial charge in [-0.1, -0.05) is 27.2 Å². The van der Waals surface area contributed by atoms with E-state index in [-0.39, 0.29) is 5.41 Å². The molecule has 0 aromatic rings. The van der Waals surface area contributed by atoms with Gasteiger partial charge in [-0.05, 0) is 31.1 Å². The van der Waals surface area contributed by atoms with Crippen molar-refractivity contribution in [2.45, 2.75) is 52.6 Å². The Hall–Kier alpha value is -0.0400. The average Bonchev–Trinajstić information content (AvgIpc) is 2.06. The van der Waals surface area contributed by atoms with Crippen LogP contribution in [-0.4, -0.2) is 10.7 Å². The molecular formula is C10H20O. The molecule has 1 heteroatoms. The van der Waals surface area contributed by atoms with Crippen molar-refractivity contribution >= 4 is 0 Å². The zero-order chi connectivity index (χ0) is 8.70. The third-order valence-corrected chi connectivity index (χ3v) is 2.97. The predicted molar refractivity (Wildman–Crippen MR) is 47.4 cm³/mol. The van der Waals surface area contributed by atoms with Crippen LogP contribution < -0.4 is 0 Å². The molecule has 66 valence electrons. The lowest BCUT2D eigenvalue weighted by atomic mass is 9.73. The molecule has 1 aliphatic rings. The molecule has 1 nitrogen and oxygen atoms in total. The molecule has 0 amide bonds. The Morgan fingerprint density at radius 2 is 1.91 bits per heavy atom. The van der Waals surface area contributed by atoms with E-state index in [9.17, 15) is 5.11 Å². The van der Waals surface area contributed by atoms with Crippen LogP contribution in [0.3, 0.4) is 0 Å². The van der Waals surface area contributed by atoms with Crippen molar-refractivity contribution in [3.63, 3.8) is 0 Å². The van der Waals surface area contributed by atoms with Crippen LogP contribution in [0.25, 0.3) is 0 Å². The Labute approximate surface area is 69.8 Å². The normalized spacial score (nSPS) is 39.5. The van der Waals surface area contributed by atoms with Gasteiger partial charge in [0.1, 0.15) is 0 Å². The molecule has 1 fully saturated rings. The summed E-state index contributed by atoms with van der Waals surface area (Å²) in [5, 5.41) is 9.99. The molecule has 0 bridgehead atoms. The van der Waals surface area contributed by atoms with Crippen LogP contribution in [0.2, 0.25) is 0 Å². The number of rotatable bonds is 0. The lowest BCUT2D eigenvalue weighted by Crippen LogP contribution is -2.37. The van der Waals surface area contributed by atoms with Gasteiger partial charge in [0, 0.05) is 0 Å². The van der Waals surface area contributed by atoms with Crippen molar-refractivity contribution in [3.8, 4) is 0 Å². The van der Waals surface area contributed by atoms with E-state index in [0.717, 1.165) is 6.42 Å². The number of aliphatic hydroxyl groups is 1. The molecular weight excluding hydrogens is 136 g/mol. The highest BCUT2D eigenvalue weighted by molar-refractivity contribution is 4.94. The van der Waals surface area contributed by atoms with E-state index in [1.807, 2.05) is 6.92 Å². The molecule has 11 heavy (non-hydrogen) atoms. The Morgan fingerprint density at radius 1 is 1.36 bits per heavy atom. The summed E-state index contributed by atoms with van der Waals surface area (Å²) in [6.45, 7) is 8.64. The van der Waals surface area contributed by atoms with E-state index in [4.69, 9.17) is 0 Å². The van der Waals surface area contributed by atoms with Crippen LogP contribution in [0.15, 0.2) is 0 Å². The second kappa shape index (κ2) is 2.48. The first-order chi connectivity index (χ1) is 4.84. The highest BCUT2D eigenvalue weighted by Crippen LogP contribution is 2.45. The molecule has 1 aliphatic carbocycles. The highest BCUT2D eigenvalue weighted by Gasteiger charge is 2.43. The van der Waals surface area contributed by atoms with Crippen LogP contribution in [0, 0.1) is 11.3 Å².